The Hall–Kier alpha value is -2.90. The first-order valence-corrected chi connectivity index (χ1v) is 27.3. The number of esters is 1. The van der Waals surface area contributed by atoms with Crippen molar-refractivity contribution in [3.8, 4) is 0 Å². The van der Waals surface area contributed by atoms with Gasteiger partial charge >= 0.3 is 5.97 Å². The first-order valence-electron chi connectivity index (χ1n) is 27.3. The van der Waals surface area contributed by atoms with E-state index in [1.54, 1.807) is 6.08 Å². The summed E-state index contributed by atoms with van der Waals surface area (Å²) >= 11 is 0. The quantitative estimate of drug-likeness (QED) is 0.0149. The Morgan fingerprint density at radius 1 is 0.588 bits per heavy atom. The number of ether oxygens (including phenoxy) is 3. The standard InChI is InChI=1S/C57H99NO10/c1-4-7-10-13-16-19-22-25-28-31-34-37-40-43-49(60)48(58-56(65)50(61)44-41-38-35-32-29-26-23-20-17-14-11-8-5-2)47-66-57-55(54(64)53(63)51(46-59)67-57)68-52(62)45-42-39-36-33-30-27-24-21-18-15-12-9-6-3/h9,12,15,18,21,24,27,30,33,36,40,43,48-51,53-55,57,59-61,63-64H,4-8,10-11,13-14,16-17,19-20,22-23,25-26,28-29,31-32,34-35,37-39,41-42,44-47H2,1-3H3,(H,58,65)/b12-9+,18-15+,24-21-,30-27-,36-33+,43-40+. The number of rotatable bonds is 44. The van der Waals surface area contributed by atoms with Gasteiger partial charge in [0.15, 0.2) is 12.4 Å². The third-order valence-electron chi connectivity index (χ3n) is 12.5. The van der Waals surface area contributed by atoms with Crippen molar-refractivity contribution < 1.29 is 49.3 Å². The maximum atomic E-state index is 13.3. The molecular formula is C57H99NO10. The average Bonchev–Trinajstić information content (AvgIpc) is 3.33. The van der Waals surface area contributed by atoms with E-state index in [2.05, 4.69) is 32.2 Å². The van der Waals surface area contributed by atoms with Gasteiger partial charge in [0.2, 0.25) is 5.91 Å². The van der Waals surface area contributed by atoms with Crippen molar-refractivity contribution in [1.82, 2.24) is 5.32 Å². The molecule has 0 spiro atoms. The maximum absolute atomic E-state index is 13.3. The number of aliphatic hydroxyl groups excluding tert-OH is 5. The van der Waals surface area contributed by atoms with Crippen LogP contribution in [0.5, 0.6) is 0 Å². The van der Waals surface area contributed by atoms with E-state index in [4.69, 9.17) is 14.2 Å². The van der Waals surface area contributed by atoms with Gasteiger partial charge in [-0.3, -0.25) is 9.59 Å². The highest BCUT2D eigenvalue weighted by molar-refractivity contribution is 5.80. The summed E-state index contributed by atoms with van der Waals surface area (Å²) in [5.74, 6) is -1.27. The lowest BCUT2D eigenvalue weighted by atomic mass is 9.99. The number of carbonyl (C=O) groups is 2. The Balaban J connectivity index is 2.82. The smallest absolute Gasteiger partial charge is 0.306 e. The summed E-state index contributed by atoms with van der Waals surface area (Å²) in [5.41, 5.74) is 0. The van der Waals surface area contributed by atoms with Gasteiger partial charge in [0.25, 0.3) is 0 Å². The number of hydrogen-bond acceptors (Lipinski definition) is 10. The zero-order chi connectivity index (χ0) is 49.7. The number of allylic oxidation sites excluding steroid dienone is 11. The van der Waals surface area contributed by atoms with Crippen LogP contribution in [0, 0.1) is 0 Å². The molecule has 6 N–H and O–H groups in total. The van der Waals surface area contributed by atoms with Crippen molar-refractivity contribution in [2.24, 2.45) is 0 Å². The molecule has 0 radical (unpaired) electrons. The van der Waals surface area contributed by atoms with Crippen molar-refractivity contribution in [2.45, 2.75) is 262 Å². The molecule has 0 aliphatic carbocycles. The fourth-order valence-corrected chi connectivity index (χ4v) is 8.15. The van der Waals surface area contributed by atoms with Gasteiger partial charge in [-0.25, -0.2) is 0 Å². The number of nitrogens with one attached hydrogen (secondary N) is 1. The predicted octanol–water partition coefficient (Wildman–Crippen LogP) is 11.7. The molecule has 0 aromatic carbocycles. The van der Waals surface area contributed by atoms with Gasteiger partial charge in [-0.15, -0.1) is 0 Å². The summed E-state index contributed by atoms with van der Waals surface area (Å²) in [4.78, 5) is 26.3. The molecule has 11 nitrogen and oxygen atoms in total. The lowest BCUT2D eigenvalue weighted by Crippen LogP contribution is -2.61. The molecule has 1 aliphatic rings. The second-order valence-electron chi connectivity index (χ2n) is 18.7. The van der Waals surface area contributed by atoms with Crippen LogP contribution in [0.3, 0.4) is 0 Å². The van der Waals surface area contributed by atoms with E-state index in [1.165, 1.54) is 116 Å². The molecule has 0 aromatic heterocycles. The van der Waals surface area contributed by atoms with E-state index in [1.807, 2.05) is 60.8 Å². The maximum Gasteiger partial charge on any atom is 0.306 e. The lowest BCUT2D eigenvalue weighted by Gasteiger charge is -2.41. The Bertz CT molecular complexity index is 1380. The van der Waals surface area contributed by atoms with Gasteiger partial charge in [0, 0.05) is 6.42 Å². The van der Waals surface area contributed by atoms with Crippen molar-refractivity contribution in [3.05, 3.63) is 72.9 Å². The van der Waals surface area contributed by atoms with Crippen LogP contribution in [0.2, 0.25) is 0 Å². The molecule has 1 amide bonds. The largest absolute Gasteiger partial charge is 0.454 e. The number of hydrogen-bond donors (Lipinski definition) is 6. The van der Waals surface area contributed by atoms with Gasteiger partial charge in [-0.1, -0.05) is 241 Å². The summed E-state index contributed by atoms with van der Waals surface area (Å²) in [7, 11) is 0. The highest BCUT2D eigenvalue weighted by Crippen LogP contribution is 2.26. The van der Waals surface area contributed by atoms with Gasteiger partial charge in [0.05, 0.1) is 25.4 Å². The summed E-state index contributed by atoms with van der Waals surface area (Å²) in [6.07, 6.45) is 45.3. The Morgan fingerprint density at radius 3 is 1.57 bits per heavy atom. The minimum absolute atomic E-state index is 0.0257. The van der Waals surface area contributed by atoms with Crippen LogP contribution in [0.25, 0.3) is 0 Å². The number of aliphatic hydroxyl groups is 5. The van der Waals surface area contributed by atoms with E-state index in [-0.39, 0.29) is 19.4 Å². The van der Waals surface area contributed by atoms with Crippen LogP contribution in [0.1, 0.15) is 213 Å². The van der Waals surface area contributed by atoms with E-state index in [0.29, 0.717) is 19.3 Å². The SMILES string of the molecule is CC/C=C/C=C/C=C\C=C/C=C/CCCC(=O)OC1C(OCC(NC(=O)C(O)CCCCCCCCCCCCCCC)C(O)/C=C/CCCCCCCCCCCCC)OC(CO)C(O)C1O. The monoisotopic (exact) mass is 958 g/mol. The van der Waals surface area contributed by atoms with Crippen molar-refractivity contribution in [3.63, 3.8) is 0 Å². The van der Waals surface area contributed by atoms with Crippen molar-refractivity contribution >= 4 is 11.9 Å². The number of carbonyl (C=O) groups excluding carboxylic acids is 2. The van der Waals surface area contributed by atoms with Gasteiger partial charge in [-0.05, 0) is 38.5 Å². The summed E-state index contributed by atoms with van der Waals surface area (Å²) in [6.45, 7) is 5.58. The zero-order valence-electron chi connectivity index (χ0n) is 43.0. The number of unbranched alkanes of at least 4 members (excludes halogenated alkanes) is 24. The average molecular weight is 958 g/mol. The molecule has 0 saturated carbocycles. The highest BCUT2D eigenvalue weighted by Gasteiger charge is 2.47. The van der Waals surface area contributed by atoms with Crippen LogP contribution >= 0.6 is 0 Å². The van der Waals surface area contributed by atoms with Crippen LogP contribution in [-0.4, -0.2) is 99.6 Å². The van der Waals surface area contributed by atoms with Crippen molar-refractivity contribution in [1.29, 1.82) is 0 Å². The third-order valence-corrected chi connectivity index (χ3v) is 12.5. The third kappa shape index (κ3) is 33.6. The van der Waals surface area contributed by atoms with E-state index in [0.717, 1.165) is 44.9 Å². The lowest BCUT2D eigenvalue weighted by molar-refractivity contribution is -0.305. The molecule has 0 bridgehead atoms. The van der Waals surface area contributed by atoms with Crippen LogP contribution in [-0.2, 0) is 23.8 Å². The first kappa shape index (κ1) is 63.1. The first-order chi connectivity index (χ1) is 33.2. The minimum atomic E-state index is -1.64. The summed E-state index contributed by atoms with van der Waals surface area (Å²) in [6, 6.07) is -1.04. The molecular weight excluding hydrogens is 859 g/mol. The van der Waals surface area contributed by atoms with Gasteiger partial charge < -0.3 is 45.1 Å². The molecule has 68 heavy (non-hydrogen) atoms. The second kappa shape index (κ2) is 45.3. The van der Waals surface area contributed by atoms with Crippen LogP contribution < -0.4 is 5.32 Å². The Morgan fingerprint density at radius 2 is 1.06 bits per heavy atom. The highest BCUT2D eigenvalue weighted by atomic mass is 16.7. The molecule has 1 rings (SSSR count). The molecule has 8 unspecified atom stereocenters. The molecule has 392 valence electrons. The normalized spacial score (nSPS) is 20.5. The molecule has 1 heterocycles. The second-order valence-corrected chi connectivity index (χ2v) is 18.7. The Labute approximate surface area is 413 Å². The Kier molecular flexibility index (Phi) is 42.0. The van der Waals surface area contributed by atoms with Gasteiger partial charge in [-0.2, -0.15) is 0 Å². The summed E-state index contributed by atoms with van der Waals surface area (Å²) in [5, 5.41) is 56.6. The van der Waals surface area contributed by atoms with Crippen LogP contribution in [0.15, 0.2) is 72.9 Å². The fraction of sp³-hybridized carbons (Fsp3) is 0.754. The van der Waals surface area contributed by atoms with Crippen LogP contribution in [0.4, 0.5) is 0 Å². The van der Waals surface area contributed by atoms with E-state index in [9.17, 15) is 35.1 Å². The predicted molar refractivity (Wildman–Crippen MR) is 278 cm³/mol. The molecule has 8 atom stereocenters. The minimum Gasteiger partial charge on any atom is -0.454 e. The fourth-order valence-electron chi connectivity index (χ4n) is 8.15. The topological polar surface area (TPSA) is 175 Å². The molecule has 1 fully saturated rings. The van der Waals surface area contributed by atoms with E-state index >= 15 is 0 Å². The van der Waals surface area contributed by atoms with Crippen molar-refractivity contribution in [2.75, 3.05) is 13.2 Å². The zero-order valence-corrected chi connectivity index (χ0v) is 43.0. The van der Waals surface area contributed by atoms with E-state index < -0.39 is 67.4 Å². The number of amides is 1. The molecule has 11 heteroatoms. The molecule has 0 aromatic rings. The molecule has 1 saturated heterocycles. The van der Waals surface area contributed by atoms with Gasteiger partial charge in [0.1, 0.15) is 24.4 Å². The molecule has 1 aliphatic heterocycles. The summed E-state index contributed by atoms with van der Waals surface area (Å²) < 4.78 is 17.4.